The van der Waals surface area contributed by atoms with E-state index in [2.05, 4.69) is 55.0 Å². The number of rotatable bonds is 3. The van der Waals surface area contributed by atoms with Gasteiger partial charge in [0.1, 0.15) is 0 Å². The first-order chi connectivity index (χ1) is 13.7. The van der Waals surface area contributed by atoms with E-state index in [4.69, 9.17) is 44.9 Å². The van der Waals surface area contributed by atoms with Gasteiger partial charge in [-0.2, -0.15) is 0 Å². The van der Waals surface area contributed by atoms with Crippen LogP contribution in [-0.4, -0.2) is 41.2 Å². The van der Waals surface area contributed by atoms with Gasteiger partial charge in [-0.25, -0.2) is 4.74 Å². The Morgan fingerprint density at radius 2 is 1.66 bits per heavy atom. The fourth-order valence-corrected chi connectivity index (χ4v) is 8.76. The second-order valence-corrected chi connectivity index (χ2v) is 12.9. The molecule has 1 heterocycles. The molecule has 8 heteroatoms. The van der Waals surface area contributed by atoms with Crippen LogP contribution in [0, 0.1) is 0 Å². The lowest BCUT2D eigenvalue weighted by Gasteiger charge is -2.46. The van der Waals surface area contributed by atoms with Gasteiger partial charge < -0.3 is 10.1 Å². The summed E-state index contributed by atoms with van der Waals surface area (Å²) in [6.45, 7) is 9.78. The summed E-state index contributed by atoms with van der Waals surface area (Å²) in [6.07, 6.45) is 0. The van der Waals surface area contributed by atoms with Crippen molar-refractivity contribution in [3.63, 3.8) is 0 Å². The summed E-state index contributed by atoms with van der Waals surface area (Å²) in [5.74, 6) is 0. The molecule has 1 aliphatic rings. The molecule has 0 amide bonds. The van der Waals surface area contributed by atoms with E-state index in [9.17, 15) is 0 Å². The van der Waals surface area contributed by atoms with Gasteiger partial charge in [0, 0.05) is 39.3 Å². The third-order valence-electron chi connectivity index (χ3n) is 4.80. The van der Waals surface area contributed by atoms with Crippen LogP contribution in [0.4, 0.5) is 5.69 Å². The normalized spacial score (nSPS) is 17.4. The molecule has 0 saturated carbocycles. The average molecular weight is 470 g/mol. The van der Waals surface area contributed by atoms with Gasteiger partial charge in [-0.05, 0) is 30.4 Å². The Hall–Kier alpha value is -0.940. The molecular formula is C21H26Cl2N3OPS. The summed E-state index contributed by atoms with van der Waals surface area (Å²) >= 11 is 18.0. The number of ether oxygens (including phenoxy) is 1. The van der Waals surface area contributed by atoms with Crippen LogP contribution in [0.5, 0.6) is 0 Å². The van der Waals surface area contributed by atoms with Crippen LogP contribution < -0.4 is 10.6 Å². The fraction of sp³-hybridized carbons (Fsp3) is 0.381. The van der Waals surface area contributed by atoms with E-state index < -0.39 is 7.21 Å². The van der Waals surface area contributed by atoms with E-state index in [0.29, 0.717) is 28.4 Å². The zero-order chi connectivity index (χ0) is 21.1. The molecule has 29 heavy (non-hydrogen) atoms. The Bertz CT molecular complexity index is 905. The first-order valence-corrected chi connectivity index (χ1v) is 12.4. The SMILES string of the molecule is CC(C)(C)P(=NC(=S)Nc1cc(Cl)cc(Cl)c1)(c1ccccc1)N1CCOCC1. The maximum atomic E-state index is 6.14. The molecule has 2 aromatic rings. The average Bonchev–Trinajstić information content (AvgIpc) is 2.65. The molecule has 2 aromatic carbocycles. The van der Waals surface area contributed by atoms with Crippen molar-refractivity contribution < 1.29 is 4.74 Å². The van der Waals surface area contributed by atoms with Crippen LogP contribution in [0.15, 0.2) is 53.3 Å². The smallest absolute Gasteiger partial charge is 0.197 e. The van der Waals surface area contributed by atoms with Crippen molar-refractivity contribution in [1.29, 1.82) is 0 Å². The summed E-state index contributed by atoms with van der Waals surface area (Å²) in [5.41, 5.74) is 0.735. The highest BCUT2D eigenvalue weighted by Gasteiger charge is 2.41. The molecule has 3 rings (SSSR count). The summed E-state index contributed by atoms with van der Waals surface area (Å²) in [4.78, 5) is 0. The summed E-state index contributed by atoms with van der Waals surface area (Å²) in [5, 5.41) is 5.85. The van der Waals surface area contributed by atoms with Gasteiger partial charge in [-0.3, -0.25) is 4.67 Å². The van der Waals surface area contributed by atoms with Crippen LogP contribution in [0.3, 0.4) is 0 Å². The number of anilines is 1. The Balaban J connectivity index is 2.11. The zero-order valence-electron chi connectivity index (χ0n) is 16.9. The highest BCUT2D eigenvalue weighted by molar-refractivity contribution is 7.82. The molecule has 0 spiro atoms. The molecule has 1 atom stereocenters. The van der Waals surface area contributed by atoms with Gasteiger partial charge in [0.15, 0.2) is 5.11 Å². The number of halogens is 2. The minimum atomic E-state index is -2.22. The predicted molar refractivity (Wildman–Crippen MR) is 130 cm³/mol. The van der Waals surface area contributed by atoms with Gasteiger partial charge in [-0.15, -0.1) is 0 Å². The Labute approximate surface area is 188 Å². The fourth-order valence-electron chi connectivity index (χ4n) is 3.63. The van der Waals surface area contributed by atoms with Crippen LogP contribution in [0.1, 0.15) is 20.8 Å². The number of morpholine rings is 1. The first-order valence-electron chi connectivity index (χ1n) is 9.51. The molecule has 1 unspecified atom stereocenters. The van der Waals surface area contributed by atoms with Gasteiger partial charge in [0.25, 0.3) is 0 Å². The third-order valence-corrected chi connectivity index (χ3v) is 10.2. The molecule has 1 fully saturated rings. The first kappa shape index (κ1) is 22.7. The summed E-state index contributed by atoms with van der Waals surface area (Å²) in [6, 6.07) is 15.8. The maximum absolute atomic E-state index is 6.14. The minimum Gasteiger partial charge on any atom is -0.379 e. The molecule has 1 aliphatic heterocycles. The number of hydrogen-bond donors (Lipinski definition) is 1. The van der Waals surface area contributed by atoms with Crippen molar-refractivity contribution in [3.8, 4) is 0 Å². The molecule has 1 N–H and O–H groups in total. The summed E-state index contributed by atoms with van der Waals surface area (Å²) < 4.78 is 13.3. The van der Waals surface area contributed by atoms with E-state index in [1.165, 1.54) is 5.30 Å². The Morgan fingerprint density at radius 3 is 2.21 bits per heavy atom. The second kappa shape index (κ2) is 9.47. The van der Waals surface area contributed by atoms with Crippen molar-refractivity contribution in [2.24, 2.45) is 4.74 Å². The van der Waals surface area contributed by atoms with Crippen molar-refractivity contribution in [2.45, 2.75) is 25.9 Å². The second-order valence-electron chi connectivity index (χ2n) is 7.86. The Morgan fingerprint density at radius 1 is 1.07 bits per heavy atom. The number of thiocarbonyl (C=S) groups is 1. The van der Waals surface area contributed by atoms with Crippen LogP contribution >= 0.6 is 42.6 Å². The molecule has 0 aliphatic carbocycles. The predicted octanol–water partition coefficient (Wildman–Crippen LogP) is 6.26. The molecule has 156 valence electrons. The highest BCUT2D eigenvalue weighted by Crippen LogP contribution is 2.62. The number of benzene rings is 2. The monoisotopic (exact) mass is 469 g/mol. The van der Waals surface area contributed by atoms with E-state index >= 15 is 0 Å². The number of nitrogens with zero attached hydrogens (tertiary/aromatic N) is 2. The van der Waals surface area contributed by atoms with E-state index in [1.807, 2.05) is 6.07 Å². The van der Waals surface area contributed by atoms with E-state index in [-0.39, 0.29) is 5.16 Å². The van der Waals surface area contributed by atoms with Gasteiger partial charge in [0.2, 0.25) is 0 Å². The van der Waals surface area contributed by atoms with Crippen molar-refractivity contribution >= 4 is 58.7 Å². The lowest BCUT2D eigenvalue weighted by Crippen LogP contribution is -2.43. The largest absolute Gasteiger partial charge is 0.379 e. The molecule has 1 saturated heterocycles. The van der Waals surface area contributed by atoms with Crippen LogP contribution in [-0.2, 0) is 4.74 Å². The minimum absolute atomic E-state index is 0.122. The zero-order valence-corrected chi connectivity index (χ0v) is 20.1. The van der Waals surface area contributed by atoms with Crippen molar-refractivity contribution in [3.05, 3.63) is 58.6 Å². The van der Waals surface area contributed by atoms with E-state index in [0.717, 1.165) is 18.8 Å². The maximum Gasteiger partial charge on any atom is 0.197 e. The van der Waals surface area contributed by atoms with E-state index in [1.54, 1.807) is 18.2 Å². The van der Waals surface area contributed by atoms with Gasteiger partial charge >= 0.3 is 0 Å². The van der Waals surface area contributed by atoms with Crippen molar-refractivity contribution in [1.82, 2.24) is 4.67 Å². The topological polar surface area (TPSA) is 36.9 Å². The standard InChI is InChI=1S/C21H26Cl2N3OPS/c1-21(2,3)28(19-7-5-4-6-8-19,26-9-11-27-12-10-26)25-20(29)24-18-14-16(22)13-17(23)15-18/h4-8,13-15H,9-12H2,1-3H3,(H,24,29). The Kier molecular flexibility index (Phi) is 7.42. The van der Waals surface area contributed by atoms with Gasteiger partial charge in [0.05, 0.1) is 20.4 Å². The number of hydrogen-bond acceptors (Lipinski definition) is 2. The lowest BCUT2D eigenvalue weighted by molar-refractivity contribution is 0.0738. The van der Waals surface area contributed by atoms with Gasteiger partial charge in [-0.1, -0.05) is 74.3 Å². The van der Waals surface area contributed by atoms with Crippen molar-refractivity contribution in [2.75, 3.05) is 31.6 Å². The molecular weight excluding hydrogens is 444 g/mol. The number of nitrogens with one attached hydrogen (secondary N) is 1. The molecule has 0 bridgehead atoms. The van der Waals surface area contributed by atoms with Crippen LogP contribution in [0.25, 0.3) is 0 Å². The highest BCUT2D eigenvalue weighted by atomic mass is 35.5. The molecule has 0 aromatic heterocycles. The molecule has 4 nitrogen and oxygen atoms in total. The quantitative estimate of drug-likeness (QED) is 0.424. The lowest BCUT2D eigenvalue weighted by atomic mass is 10.3. The van der Waals surface area contributed by atoms with Crippen LogP contribution in [0.2, 0.25) is 10.0 Å². The summed E-state index contributed by atoms with van der Waals surface area (Å²) in [7, 11) is -2.22. The molecule has 0 radical (unpaired) electrons. The third kappa shape index (κ3) is 5.22.